The summed E-state index contributed by atoms with van der Waals surface area (Å²) in [6, 6.07) is 8.37. The molecule has 2 bridgehead atoms. The van der Waals surface area contributed by atoms with Crippen LogP contribution in [0.25, 0.3) is 0 Å². The van der Waals surface area contributed by atoms with Crippen LogP contribution in [-0.2, 0) is 4.84 Å². The molecule has 1 aromatic carbocycles. The molecule has 0 spiro atoms. The Morgan fingerprint density at radius 3 is 2.82 bits per heavy atom. The summed E-state index contributed by atoms with van der Waals surface area (Å²) < 4.78 is 0. The molecule has 6 heteroatoms. The van der Waals surface area contributed by atoms with E-state index in [0.717, 1.165) is 12.8 Å². The van der Waals surface area contributed by atoms with Crippen LogP contribution in [0.1, 0.15) is 29.6 Å². The summed E-state index contributed by atoms with van der Waals surface area (Å²) in [5.41, 5.74) is 0.649. The SMILES string of the molecule is O=C(N[C@@H]1C[C@H]2CC[C@@H]1N2)c1ccc(ON2CC=CO2)cc1. The zero-order valence-corrected chi connectivity index (χ0v) is 12.2. The van der Waals surface area contributed by atoms with Gasteiger partial charge in [-0.3, -0.25) is 4.79 Å². The van der Waals surface area contributed by atoms with Crippen LogP contribution in [0.3, 0.4) is 0 Å². The number of benzene rings is 1. The minimum absolute atomic E-state index is 0.0232. The van der Waals surface area contributed by atoms with Crippen LogP contribution < -0.4 is 15.5 Å². The summed E-state index contributed by atoms with van der Waals surface area (Å²) in [5, 5.41) is 8.03. The summed E-state index contributed by atoms with van der Waals surface area (Å²) in [6.07, 6.45) is 6.86. The Labute approximate surface area is 129 Å². The molecule has 0 aliphatic carbocycles. The number of hydrogen-bond acceptors (Lipinski definition) is 5. The van der Waals surface area contributed by atoms with Crippen molar-refractivity contribution in [1.82, 2.24) is 15.9 Å². The highest BCUT2D eigenvalue weighted by Crippen LogP contribution is 2.28. The van der Waals surface area contributed by atoms with Gasteiger partial charge in [0, 0.05) is 28.9 Å². The van der Waals surface area contributed by atoms with Crippen molar-refractivity contribution < 1.29 is 14.5 Å². The van der Waals surface area contributed by atoms with Crippen LogP contribution in [0.4, 0.5) is 0 Å². The van der Waals surface area contributed by atoms with Crippen LogP contribution >= 0.6 is 0 Å². The number of amides is 1. The largest absolute Gasteiger partial charge is 0.379 e. The smallest absolute Gasteiger partial charge is 0.251 e. The van der Waals surface area contributed by atoms with E-state index in [1.165, 1.54) is 11.6 Å². The van der Waals surface area contributed by atoms with Crippen LogP contribution in [0, 0.1) is 0 Å². The van der Waals surface area contributed by atoms with Crippen molar-refractivity contribution >= 4 is 5.91 Å². The van der Waals surface area contributed by atoms with Gasteiger partial charge in [0.25, 0.3) is 5.91 Å². The third-order valence-electron chi connectivity index (χ3n) is 4.47. The van der Waals surface area contributed by atoms with Gasteiger partial charge in [-0.2, -0.15) is 0 Å². The Balaban J connectivity index is 1.34. The number of rotatable bonds is 4. The van der Waals surface area contributed by atoms with Crippen molar-refractivity contribution in [2.75, 3.05) is 6.54 Å². The lowest BCUT2D eigenvalue weighted by Gasteiger charge is -2.21. The van der Waals surface area contributed by atoms with Crippen LogP contribution in [0.15, 0.2) is 36.6 Å². The Kier molecular flexibility index (Phi) is 3.48. The first-order valence-electron chi connectivity index (χ1n) is 7.72. The first-order chi connectivity index (χ1) is 10.8. The molecule has 0 aromatic heterocycles. The molecule has 3 heterocycles. The topological polar surface area (TPSA) is 62.8 Å². The van der Waals surface area contributed by atoms with E-state index in [4.69, 9.17) is 9.68 Å². The maximum atomic E-state index is 12.3. The van der Waals surface area contributed by atoms with Crippen molar-refractivity contribution in [2.24, 2.45) is 0 Å². The van der Waals surface area contributed by atoms with Gasteiger partial charge in [-0.15, -0.1) is 0 Å². The van der Waals surface area contributed by atoms with E-state index in [0.29, 0.717) is 29.9 Å². The highest BCUT2D eigenvalue weighted by molar-refractivity contribution is 5.94. The fourth-order valence-electron chi connectivity index (χ4n) is 3.36. The van der Waals surface area contributed by atoms with Crippen molar-refractivity contribution in [1.29, 1.82) is 0 Å². The average molecular weight is 301 g/mol. The molecule has 22 heavy (non-hydrogen) atoms. The van der Waals surface area contributed by atoms with E-state index in [9.17, 15) is 4.79 Å². The van der Waals surface area contributed by atoms with Crippen LogP contribution in [-0.4, -0.2) is 35.8 Å². The molecule has 6 nitrogen and oxygen atoms in total. The lowest BCUT2D eigenvalue weighted by atomic mass is 9.95. The molecule has 3 atom stereocenters. The van der Waals surface area contributed by atoms with E-state index in [1.54, 1.807) is 30.5 Å². The molecule has 2 N–H and O–H groups in total. The second kappa shape index (κ2) is 5.62. The fraction of sp³-hybridized carbons (Fsp3) is 0.438. The Hall–Kier alpha value is -2.05. The van der Waals surface area contributed by atoms with E-state index >= 15 is 0 Å². The lowest BCUT2D eigenvalue weighted by molar-refractivity contribution is -0.266. The molecule has 0 saturated carbocycles. The van der Waals surface area contributed by atoms with Crippen LogP contribution in [0.2, 0.25) is 0 Å². The number of hydroxylamine groups is 2. The van der Waals surface area contributed by atoms with Crippen molar-refractivity contribution in [3.05, 3.63) is 42.2 Å². The fourth-order valence-corrected chi connectivity index (χ4v) is 3.36. The van der Waals surface area contributed by atoms with Gasteiger partial charge < -0.3 is 20.3 Å². The van der Waals surface area contributed by atoms with E-state index in [-0.39, 0.29) is 11.9 Å². The maximum Gasteiger partial charge on any atom is 0.251 e. The maximum absolute atomic E-state index is 12.3. The zero-order chi connectivity index (χ0) is 14.9. The number of fused-ring (bicyclic) bond motifs is 2. The normalized spacial score (nSPS) is 29.5. The number of carbonyl (C=O) groups excluding carboxylic acids is 1. The molecule has 1 aromatic rings. The predicted octanol–water partition coefficient (Wildman–Crippen LogP) is 1.36. The Morgan fingerprint density at radius 1 is 1.32 bits per heavy atom. The van der Waals surface area contributed by atoms with Gasteiger partial charge in [0.15, 0.2) is 5.75 Å². The minimum Gasteiger partial charge on any atom is -0.379 e. The molecule has 2 fully saturated rings. The predicted molar refractivity (Wildman–Crippen MR) is 79.8 cm³/mol. The van der Waals surface area contributed by atoms with Crippen molar-refractivity contribution in [3.8, 4) is 5.75 Å². The molecule has 3 aliphatic rings. The average Bonchev–Trinajstić information content (AvgIpc) is 3.25. The highest BCUT2D eigenvalue weighted by atomic mass is 16.9. The molecular weight excluding hydrogens is 282 g/mol. The molecule has 4 rings (SSSR count). The second-order valence-corrected chi connectivity index (χ2v) is 5.97. The second-order valence-electron chi connectivity index (χ2n) is 5.97. The third kappa shape index (κ3) is 2.67. The van der Waals surface area contributed by atoms with Gasteiger partial charge in [0.05, 0.1) is 6.54 Å². The molecular formula is C16H19N3O3. The summed E-state index contributed by atoms with van der Waals surface area (Å²) in [4.78, 5) is 22.9. The monoisotopic (exact) mass is 301 g/mol. The Morgan fingerprint density at radius 2 is 2.18 bits per heavy atom. The molecule has 0 radical (unpaired) electrons. The van der Waals surface area contributed by atoms with Gasteiger partial charge in [0.1, 0.15) is 6.26 Å². The van der Waals surface area contributed by atoms with Crippen molar-refractivity contribution in [3.63, 3.8) is 0 Å². The van der Waals surface area contributed by atoms with Gasteiger partial charge in [-0.1, -0.05) is 0 Å². The van der Waals surface area contributed by atoms with Gasteiger partial charge >= 0.3 is 0 Å². The zero-order valence-electron chi connectivity index (χ0n) is 12.2. The molecule has 3 aliphatic heterocycles. The van der Waals surface area contributed by atoms with E-state index < -0.39 is 0 Å². The van der Waals surface area contributed by atoms with Crippen LogP contribution in [0.5, 0.6) is 5.75 Å². The summed E-state index contributed by atoms with van der Waals surface area (Å²) in [5.74, 6) is 0.617. The van der Waals surface area contributed by atoms with Gasteiger partial charge in [-0.25, -0.2) is 0 Å². The summed E-state index contributed by atoms with van der Waals surface area (Å²) in [7, 11) is 0. The third-order valence-corrected chi connectivity index (χ3v) is 4.47. The molecule has 2 saturated heterocycles. The first kappa shape index (κ1) is 13.6. The van der Waals surface area contributed by atoms with E-state index in [2.05, 4.69) is 10.6 Å². The quantitative estimate of drug-likeness (QED) is 0.879. The first-order valence-corrected chi connectivity index (χ1v) is 7.72. The number of nitrogens with one attached hydrogen (secondary N) is 2. The number of hydrogen-bond donors (Lipinski definition) is 2. The molecule has 0 unspecified atom stereocenters. The summed E-state index contributed by atoms with van der Waals surface area (Å²) in [6.45, 7) is 0.583. The highest BCUT2D eigenvalue weighted by Gasteiger charge is 2.39. The van der Waals surface area contributed by atoms with Gasteiger partial charge in [-0.05, 0) is 49.6 Å². The summed E-state index contributed by atoms with van der Waals surface area (Å²) >= 11 is 0. The minimum atomic E-state index is -0.0232. The number of nitrogens with zero attached hydrogens (tertiary/aromatic N) is 1. The molecule has 116 valence electrons. The lowest BCUT2D eigenvalue weighted by Crippen LogP contribution is -2.42. The number of carbonyl (C=O) groups is 1. The van der Waals surface area contributed by atoms with E-state index in [1.807, 2.05) is 6.08 Å². The Bertz CT molecular complexity index is 579. The van der Waals surface area contributed by atoms with Gasteiger partial charge in [0.2, 0.25) is 0 Å². The standard InChI is InChI=1S/C16H19N3O3/c20-16(18-15-10-12-4-7-14(15)17-12)11-2-5-13(6-3-11)22-19-8-1-9-21-19/h1-3,5-6,9,12,14-15,17H,4,7-8,10H2,(H,18,20)/t12-,14+,15-/m1/s1. The van der Waals surface area contributed by atoms with Crippen molar-refractivity contribution in [2.45, 2.75) is 37.4 Å². The molecule has 1 amide bonds.